The number of thiazole rings is 1. The number of carbonyl (C=O) groups is 1. The standard InChI is InChI=1S/C19H21N3O3S3/c1-13-6-3-8-15-17(13)21(2)19(27-15)20-18(23)14-7-4-10-22(12-14)28(24,25)16-9-5-11-26-16/h3,5-6,8-9,11,14H,4,7,10,12H2,1-2H3. The van der Waals surface area contributed by atoms with Crippen LogP contribution in [0.4, 0.5) is 0 Å². The normalized spacial score (nSPS) is 19.4. The lowest BCUT2D eigenvalue weighted by Crippen LogP contribution is -2.42. The highest BCUT2D eigenvalue weighted by Gasteiger charge is 2.33. The molecular formula is C19H21N3O3S3. The van der Waals surface area contributed by atoms with Crippen LogP contribution in [0.15, 0.2) is 44.9 Å². The average molecular weight is 436 g/mol. The van der Waals surface area contributed by atoms with Crippen LogP contribution in [0.2, 0.25) is 0 Å². The fourth-order valence-electron chi connectivity index (χ4n) is 3.59. The molecule has 148 valence electrons. The van der Waals surface area contributed by atoms with Gasteiger partial charge in [0.2, 0.25) is 0 Å². The SMILES string of the molecule is Cc1cccc2sc(=NC(=O)C3CCCN(S(=O)(=O)c4cccs4)C3)n(C)c12. The van der Waals surface area contributed by atoms with Crippen LogP contribution in [0.5, 0.6) is 0 Å². The molecule has 2 aromatic heterocycles. The van der Waals surface area contributed by atoms with E-state index in [-0.39, 0.29) is 12.5 Å². The second-order valence-electron chi connectivity index (χ2n) is 6.95. The summed E-state index contributed by atoms with van der Waals surface area (Å²) in [5.41, 5.74) is 2.21. The number of nitrogens with zero attached hydrogens (tertiary/aromatic N) is 3. The molecule has 1 atom stereocenters. The number of para-hydroxylation sites is 1. The van der Waals surface area contributed by atoms with Crippen LogP contribution in [-0.2, 0) is 21.9 Å². The van der Waals surface area contributed by atoms with Gasteiger partial charge in [0.05, 0.1) is 16.1 Å². The number of rotatable bonds is 3. The van der Waals surface area contributed by atoms with Crippen LogP contribution in [0.25, 0.3) is 10.2 Å². The molecule has 3 heterocycles. The highest BCUT2D eigenvalue weighted by molar-refractivity contribution is 7.91. The van der Waals surface area contributed by atoms with Crippen molar-refractivity contribution in [3.63, 3.8) is 0 Å². The van der Waals surface area contributed by atoms with E-state index in [1.54, 1.807) is 17.5 Å². The van der Waals surface area contributed by atoms with Crippen molar-refractivity contribution in [3.8, 4) is 0 Å². The summed E-state index contributed by atoms with van der Waals surface area (Å²) in [4.78, 5) is 17.9. The van der Waals surface area contributed by atoms with Crippen LogP contribution < -0.4 is 4.80 Å². The fourth-order valence-corrected chi connectivity index (χ4v) is 7.36. The number of amides is 1. The predicted octanol–water partition coefficient (Wildman–Crippen LogP) is 3.14. The predicted molar refractivity (Wildman–Crippen MR) is 112 cm³/mol. The first-order valence-electron chi connectivity index (χ1n) is 9.05. The summed E-state index contributed by atoms with van der Waals surface area (Å²) in [6, 6.07) is 9.38. The van der Waals surface area contributed by atoms with Crippen LogP contribution in [0.1, 0.15) is 18.4 Å². The summed E-state index contributed by atoms with van der Waals surface area (Å²) in [6.45, 7) is 2.67. The molecule has 28 heavy (non-hydrogen) atoms. The maximum absolute atomic E-state index is 12.8. The minimum atomic E-state index is -3.54. The van der Waals surface area contributed by atoms with Gasteiger partial charge < -0.3 is 4.57 Å². The third kappa shape index (κ3) is 3.47. The number of aryl methyl sites for hydroxylation is 2. The quantitative estimate of drug-likeness (QED) is 0.635. The fraction of sp³-hybridized carbons (Fsp3) is 0.368. The van der Waals surface area contributed by atoms with Gasteiger partial charge in [-0.1, -0.05) is 29.5 Å². The molecule has 0 saturated carbocycles. The monoisotopic (exact) mass is 435 g/mol. The van der Waals surface area contributed by atoms with E-state index in [4.69, 9.17) is 0 Å². The molecular weight excluding hydrogens is 414 g/mol. The Bertz CT molecular complexity index is 1190. The Morgan fingerprint density at radius 2 is 2.07 bits per heavy atom. The molecule has 6 nitrogen and oxygen atoms in total. The summed E-state index contributed by atoms with van der Waals surface area (Å²) in [6.07, 6.45) is 1.32. The Morgan fingerprint density at radius 1 is 1.25 bits per heavy atom. The van der Waals surface area contributed by atoms with Gasteiger partial charge in [-0.15, -0.1) is 11.3 Å². The molecule has 1 aliphatic heterocycles. The summed E-state index contributed by atoms with van der Waals surface area (Å²) in [5, 5.41) is 1.75. The first kappa shape index (κ1) is 19.5. The van der Waals surface area contributed by atoms with Crippen molar-refractivity contribution in [1.29, 1.82) is 0 Å². The van der Waals surface area contributed by atoms with Crippen LogP contribution in [0, 0.1) is 12.8 Å². The Hall–Kier alpha value is -1.81. The maximum Gasteiger partial charge on any atom is 0.252 e. The van der Waals surface area contributed by atoms with Crippen molar-refractivity contribution in [1.82, 2.24) is 8.87 Å². The molecule has 3 aromatic rings. The minimum Gasteiger partial charge on any atom is -0.319 e. The summed E-state index contributed by atoms with van der Waals surface area (Å²) in [5.74, 6) is -0.652. The van der Waals surface area contributed by atoms with Gasteiger partial charge in [0.1, 0.15) is 4.21 Å². The zero-order chi connectivity index (χ0) is 19.9. The summed E-state index contributed by atoms with van der Waals surface area (Å²) in [7, 11) is -1.63. The molecule has 1 saturated heterocycles. The summed E-state index contributed by atoms with van der Waals surface area (Å²) >= 11 is 2.68. The molecule has 0 spiro atoms. The summed E-state index contributed by atoms with van der Waals surface area (Å²) < 4.78 is 30.3. The van der Waals surface area contributed by atoms with E-state index in [0.29, 0.717) is 28.4 Å². The third-order valence-corrected chi connectivity index (χ3v) is 9.39. The van der Waals surface area contributed by atoms with Crippen molar-refractivity contribution in [2.45, 2.75) is 24.0 Å². The lowest BCUT2D eigenvalue weighted by atomic mass is 9.99. The molecule has 1 amide bonds. The van der Waals surface area contributed by atoms with Crippen LogP contribution in [-0.4, -0.2) is 36.3 Å². The number of hydrogen-bond donors (Lipinski definition) is 0. The Morgan fingerprint density at radius 3 is 2.79 bits per heavy atom. The Kier molecular flexibility index (Phi) is 5.26. The molecule has 0 bridgehead atoms. The molecule has 1 unspecified atom stereocenters. The number of thiophene rings is 1. The topological polar surface area (TPSA) is 71.7 Å². The lowest BCUT2D eigenvalue weighted by molar-refractivity contribution is -0.122. The average Bonchev–Trinajstić information content (AvgIpc) is 3.32. The molecule has 9 heteroatoms. The number of aromatic nitrogens is 1. The number of hydrogen-bond acceptors (Lipinski definition) is 5. The van der Waals surface area contributed by atoms with Gasteiger partial charge in [0, 0.05) is 20.1 Å². The van der Waals surface area contributed by atoms with Gasteiger partial charge in [-0.2, -0.15) is 9.30 Å². The molecule has 0 aliphatic carbocycles. The van der Waals surface area contributed by atoms with E-state index < -0.39 is 15.9 Å². The van der Waals surface area contributed by atoms with Crippen molar-refractivity contribution in [2.24, 2.45) is 18.0 Å². The van der Waals surface area contributed by atoms with Gasteiger partial charge in [-0.3, -0.25) is 4.79 Å². The van der Waals surface area contributed by atoms with E-state index in [2.05, 4.69) is 4.99 Å². The zero-order valence-corrected chi connectivity index (χ0v) is 18.1. The van der Waals surface area contributed by atoms with E-state index in [1.165, 1.54) is 27.0 Å². The van der Waals surface area contributed by atoms with Gasteiger partial charge in [-0.05, 0) is 42.8 Å². The van der Waals surface area contributed by atoms with Crippen molar-refractivity contribution < 1.29 is 13.2 Å². The maximum atomic E-state index is 12.8. The highest BCUT2D eigenvalue weighted by atomic mass is 32.2. The van der Waals surface area contributed by atoms with Gasteiger partial charge in [-0.25, -0.2) is 8.42 Å². The van der Waals surface area contributed by atoms with Gasteiger partial charge in [0.25, 0.3) is 15.9 Å². The number of fused-ring (bicyclic) bond motifs is 1. The first-order valence-corrected chi connectivity index (χ1v) is 12.2. The van der Waals surface area contributed by atoms with Crippen LogP contribution >= 0.6 is 22.7 Å². The smallest absolute Gasteiger partial charge is 0.252 e. The molecule has 1 aromatic carbocycles. The number of benzene rings is 1. The Balaban J connectivity index is 1.61. The van der Waals surface area contributed by atoms with Crippen molar-refractivity contribution >= 4 is 48.8 Å². The van der Waals surface area contributed by atoms with Gasteiger partial charge >= 0.3 is 0 Å². The first-order chi connectivity index (χ1) is 13.4. The van der Waals surface area contributed by atoms with Crippen LogP contribution in [0.3, 0.4) is 0 Å². The van der Waals surface area contributed by atoms with E-state index in [1.807, 2.05) is 36.7 Å². The largest absolute Gasteiger partial charge is 0.319 e. The third-order valence-electron chi connectivity index (χ3n) is 5.05. The van der Waals surface area contributed by atoms with Crippen molar-refractivity contribution in [2.75, 3.05) is 13.1 Å². The van der Waals surface area contributed by atoms with E-state index >= 15 is 0 Å². The minimum absolute atomic E-state index is 0.191. The van der Waals surface area contributed by atoms with Crippen molar-refractivity contribution in [3.05, 3.63) is 46.1 Å². The molecule has 0 radical (unpaired) electrons. The second kappa shape index (κ2) is 7.55. The van der Waals surface area contributed by atoms with E-state index in [0.717, 1.165) is 15.8 Å². The number of sulfonamides is 1. The zero-order valence-electron chi connectivity index (χ0n) is 15.7. The molecule has 1 aliphatic rings. The number of carbonyl (C=O) groups excluding carboxylic acids is 1. The lowest BCUT2D eigenvalue weighted by Gasteiger charge is -2.29. The second-order valence-corrected chi connectivity index (χ2v) is 11.1. The van der Waals surface area contributed by atoms with Gasteiger partial charge in [0.15, 0.2) is 4.80 Å². The number of piperidine rings is 1. The Labute approximate surface area is 171 Å². The highest BCUT2D eigenvalue weighted by Crippen LogP contribution is 2.27. The molecule has 1 fully saturated rings. The molecule has 0 N–H and O–H groups in total. The molecule has 4 rings (SSSR count). The van der Waals surface area contributed by atoms with E-state index in [9.17, 15) is 13.2 Å².